The molecule has 74 valence electrons. The van der Waals surface area contributed by atoms with Crippen LogP contribution in [0.4, 0.5) is 0 Å². The van der Waals surface area contributed by atoms with Gasteiger partial charge in [0.15, 0.2) is 5.78 Å². The number of allylic oxidation sites excluding steroid dienone is 4. The van der Waals surface area contributed by atoms with Gasteiger partial charge in [0.25, 0.3) is 0 Å². The van der Waals surface area contributed by atoms with Crippen LogP contribution in [0.5, 0.6) is 0 Å². The van der Waals surface area contributed by atoms with Crippen LogP contribution in [0.15, 0.2) is 40.8 Å². The van der Waals surface area contributed by atoms with Gasteiger partial charge < -0.3 is 4.90 Å². The Balaban J connectivity index is 3.16. The molecule has 1 rings (SSSR count). The summed E-state index contributed by atoms with van der Waals surface area (Å²) in [6.45, 7) is 3.45. The molecule has 3 nitrogen and oxygen atoms in total. The van der Waals surface area contributed by atoms with Gasteiger partial charge in [-0.15, -0.1) is 0 Å². The van der Waals surface area contributed by atoms with Crippen molar-refractivity contribution in [1.29, 1.82) is 0 Å². The van der Waals surface area contributed by atoms with Crippen molar-refractivity contribution < 1.29 is 4.79 Å². The number of ketones is 1. The molecular formula is C11H14N2O. The maximum atomic E-state index is 11.4. The minimum Gasteiger partial charge on any atom is -0.348 e. The van der Waals surface area contributed by atoms with Crippen molar-refractivity contribution in [3.63, 3.8) is 0 Å². The number of Topliss-reactive ketones (excluding diaryl/α,β-unsaturated/α-hetero) is 1. The van der Waals surface area contributed by atoms with Crippen LogP contribution in [0, 0.1) is 0 Å². The Kier molecular flexibility index (Phi) is 3.40. The zero-order chi connectivity index (χ0) is 10.6. The first-order chi connectivity index (χ1) is 6.66. The van der Waals surface area contributed by atoms with Gasteiger partial charge in [0.05, 0.1) is 11.9 Å². The van der Waals surface area contributed by atoms with Crippen LogP contribution < -0.4 is 0 Å². The molecule has 0 saturated heterocycles. The van der Waals surface area contributed by atoms with E-state index < -0.39 is 0 Å². The van der Waals surface area contributed by atoms with Gasteiger partial charge in [-0.05, 0) is 13.8 Å². The van der Waals surface area contributed by atoms with E-state index in [-0.39, 0.29) is 5.78 Å². The van der Waals surface area contributed by atoms with E-state index in [4.69, 9.17) is 0 Å². The Morgan fingerprint density at radius 1 is 1.57 bits per heavy atom. The Morgan fingerprint density at radius 2 is 2.29 bits per heavy atom. The lowest BCUT2D eigenvalue weighted by Crippen LogP contribution is -2.17. The molecule has 0 radical (unpaired) electrons. The fourth-order valence-corrected chi connectivity index (χ4v) is 1.23. The third-order valence-electron chi connectivity index (χ3n) is 1.94. The van der Waals surface area contributed by atoms with Crippen molar-refractivity contribution in [3.05, 3.63) is 35.8 Å². The SMILES string of the molecule is C/C=C\C(C(C)=O)=C1\C=NC=CN1C. The maximum absolute atomic E-state index is 11.4. The summed E-state index contributed by atoms with van der Waals surface area (Å²) in [4.78, 5) is 17.2. The molecule has 1 aliphatic heterocycles. The summed E-state index contributed by atoms with van der Waals surface area (Å²) >= 11 is 0. The summed E-state index contributed by atoms with van der Waals surface area (Å²) in [6.07, 6.45) is 8.86. The number of nitrogens with zero attached hydrogens (tertiary/aromatic N) is 2. The molecule has 1 heterocycles. The van der Waals surface area contributed by atoms with Gasteiger partial charge in [-0.25, -0.2) is 0 Å². The van der Waals surface area contributed by atoms with Gasteiger partial charge in [0.1, 0.15) is 0 Å². The Labute approximate surface area is 84.1 Å². The van der Waals surface area contributed by atoms with Crippen molar-refractivity contribution in [2.75, 3.05) is 7.05 Å². The molecular weight excluding hydrogens is 176 g/mol. The summed E-state index contributed by atoms with van der Waals surface area (Å²) < 4.78 is 0. The van der Waals surface area contributed by atoms with Gasteiger partial charge >= 0.3 is 0 Å². The lowest BCUT2D eigenvalue weighted by atomic mass is 10.1. The van der Waals surface area contributed by atoms with E-state index in [9.17, 15) is 4.79 Å². The molecule has 1 aliphatic rings. The molecule has 0 bridgehead atoms. The van der Waals surface area contributed by atoms with Gasteiger partial charge in [-0.2, -0.15) is 0 Å². The fourth-order valence-electron chi connectivity index (χ4n) is 1.23. The zero-order valence-corrected chi connectivity index (χ0v) is 8.69. The molecule has 0 saturated carbocycles. The third kappa shape index (κ3) is 2.19. The number of aliphatic imine (C=N–C) groups is 1. The molecule has 0 amide bonds. The van der Waals surface area contributed by atoms with Gasteiger partial charge in [-0.3, -0.25) is 9.79 Å². The zero-order valence-electron chi connectivity index (χ0n) is 8.69. The predicted molar refractivity (Wildman–Crippen MR) is 57.9 cm³/mol. The lowest BCUT2D eigenvalue weighted by Gasteiger charge is -2.19. The predicted octanol–water partition coefficient (Wildman–Crippen LogP) is 1.89. The first-order valence-electron chi connectivity index (χ1n) is 4.47. The van der Waals surface area contributed by atoms with Crippen LogP contribution >= 0.6 is 0 Å². The van der Waals surface area contributed by atoms with Crippen LogP contribution in [0.3, 0.4) is 0 Å². The smallest absolute Gasteiger partial charge is 0.161 e. The van der Waals surface area contributed by atoms with Crippen molar-refractivity contribution in [2.24, 2.45) is 4.99 Å². The van der Waals surface area contributed by atoms with Gasteiger partial charge in [-0.1, -0.05) is 12.2 Å². The van der Waals surface area contributed by atoms with E-state index in [0.717, 1.165) is 5.70 Å². The minimum atomic E-state index is 0.0479. The highest BCUT2D eigenvalue weighted by molar-refractivity contribution is 6.02. The molecule has 0 aromatic rings. The van der Waals surface area contributed by atoms with E-state index in [1.807, 2.05) is 31.1 Å². The van der Waals surface area contributed by atoms with Gasteiger partial charge in [0, 0.05) is 25.0 Å². The normalized spacial score (nSPS) is 19.2. The molecule has 0 aliphatic carbocycles. The molecule has 0 aromatic heterocycles. The van der Waals surface area contributed by atoms with Crippen molar-refractivity contribution >= 4 is 12.0 Å². The Hall–Kier alpha value is -1.64. The molecule has 0 atom stereocenters. The highest BCUT2D eigenvalue weighted by Crippen LogP contribution is 2.13. The van der Waals surface area contributed by atoms with Gasteiger partial charge in [0.2, 0.25) is 0 Å². The number of rotatable bonds is 2. The number of hydrogen-bond donors (Lipinski definition) is 0. The fraction of sp³-hybridized carbons (Fsp3) is 0.273. The topological polar surface area (TPSA) is 32.7 Å². The average molecular weight is 190 g/mol. The van der Waals surface area contributed by atoms with Crippen LogP contribution in [-0.2, 0) is 4.79 Å². The summed E-state index contributed by atoms with van der Waals surface area (Å²) in [7, 11) is 1.89. The third-order valence-corrected chi connectivity index (χ3v) is 1.94. The summed E-state index contributed by atoms with van der Waals surface area (Å²) in [5.74, 6) is 0.0479. The Bertz CT molecular complexity index is 348. The van der Waals surface area contributed by atoms with E-state index >= 15 is 0 Å². The van der Waals surface area contributed by atoms with Crippen LogP contribution in [0.2, 0.25) is 0 Å². The van der Waals surface area contributed by atoms with Crippen LogP contribution in [0.25, 0.3) is 0 Å². The van der Waals surface area contributed by atoms with Crippen molar-refractivity contribution in [1.82, 2.24) is 4.90 Å². The molecule has 0 unspecified atom stereocenters. The summed E-state index contributed by atoms with van der Waals surface area (Å²) in [5.41, 5.74) is 1.52. The molecule has 14 heavy (non-hydrogen) atoms. The maximum Gasteiger partial charge on any atom is 0.161 e. The summed E-state index contributed by atoms with van der Waals surface area (Å²) in [6, 6.07) is 0. The number of carbonyl (C=O) groups is 1. The number of carbonyl (C=O) groups excluding carboxylic acids is 1. The Morgan fingerprint density at radius 3 is 2.79 bits per heavy atom. The highest BCUT2D eigenvalue weighted by atomic mass is 16.1. The molecule has 3 heteroatoms. The molecule has 0 fully saturated rings. The monoisotopic (exact) mass is 190 g/mol. The van der Waals surface area contributed by atoms with Crippen molar-refractivity contribution in [2.45, 2.75) is 13.8 Å². The number of hydrogen-bond acceptors (Lipinski definition) is 3. The van der Waals surface area contributed by atoms with E-state index in [2.05, 4.69) is 4.99 Å². The first kappa shape index (κ1) is 10.4. The average Bonchev–Trinajstić information content (AvgIpc) is 2.15. The largest absolute Gasteiger partial charge is 0.348 e. The second-order valence-electron chi connectivity index (χ2n) is 3.04. The minimum absolute atomic E-state index is 0.0479. The molecule has 0 N–H and O–H groups in total. The van der Waals surface area contributed by atoms with E-state index in [1.54, 1.807) is 25.4 Å². The highest BCUT2D eigenvalue weighted by Gasteiger charge is 2.11. The van der Waals surface area contributed by atoms with Crippen LogP contribution in [-0.4, -0.2) is 23.9 Å². The lowest BCUT2D eigenvalue weighted by molar-refractivity contribution is -0.113. The standard InChI is InChI=1S/C11H14N2O/c1-4-5-10(9(2)14)11-8-12-6-7-13(11)3/h4-8H,1-3H3/b5-4-,11-10+. The molecule has 0 aromatic carbocycles. The van der Waals surface area contributed by atoms with Crippen molar-refractivity contribution in [3.8, 4) is 0 Å². The van der Waals surface area contributed by atoms with E-state index in [1.165, 1.54) is 0 Å². The van der Waals surface area contributed by atoms with E-state index in [0.29, 0.717) is 5.57 Å². The first-order valence-corrected chi connectivity index (χ1v) is 4.47. The second kappa shape index (κ2) is 4.56. The summed E-state index contributed by atoms with van der Waals surface area (Å²) in [5, 5.41) is 0. The second-order valence-corrected chi connectivity index (χ2v) is 3.04. The molecule has 0 spiro atoms. The quantitative estimate of drug-likeness (QED) is 0.623. The van der Waals surface area contributed by atoms with Crippen LogP contribution in [0.1, 0.15) is 13.8 Å².